The summed E-state index contributed by atoms with van der Waals surface area (Å²) in [5, 5.41) is 9.46. The van der Waals surface area contributed by atoms with Gasteiger partial charge in [0.1, 0.15) is 6.10 Å². The lowest BCUT2D eigenvalue weighted by atomic mass is 9.90. The number of nitrogens with zero attached hydrogens (tertiary/aromatic N) is 1. The molecule has 1 aliphatic heterocycles. The molecule has 1 unspecified atom stereocenters. The quantitative estimate of drug-likeness (QED) is 0.843. The van der Waals surface area contributed by atoms with Gasteiger partial charge in [-0.1, -0.05) is 30.3 Å². The summed E-state index contributed by atoms with van der Waals surface area (Å²) in [6.45, 7) is 1.46. The van der Waals surface area contributed by atoms with E-state index in [4.69, 9.17) is 5.73 Å². The Morgan fingerprint density at radius 2 is 1.95 bits per heavy atom. The molecule has 0 aromatic heterocycles. The van der Waals surface area contributed by atoms with Crippen LogP contribution in [0.15, 0.2) is 30.3 Å². The van der Waals surface area contributed by atoms with Crippen LogP contribution >= 0.6 is 0 Å². The molecule has 4 nitrogen and oxygen atoms in total. The van der Waals surface area contributed by atoms with E-state index in [1.54, 1.807) is 4.90 Å². The normalized spacial score (nSPS) is 18.3. The summed E-state index contributed by atoms with van der Waals surface area (Å²) in [6.07, 6.45) is 2.03. The van der Waals surface area contributed by atoms with Gasteiger partial charge in [-0.2, -0.15) is 0 Å². The molecule has 0 aliphatic carbocycles. The first-order valence-corrected chi connectivity index (χ1v) is 6.91. The van der Waals surface area contributed by atoms with Gasteiger partial charge in [-0.05, 0) is 30.7 Å². The summed E-state index contributed by atoms with van der Waals surface area (Å²) in [7, 11) is 0. The van der Waals surface area contributed by atoms with Crippen LogP contribution in [0.25, 0.3) is 0 Å². The highest BCUT2D eigenvalue weighted by molar-refractivity contribution is 5.80. The Balaban J connectivity index is 1.81. The lowest BCUT2D eigenvalue weighted by Gasteiger charge is -2.33. The van der Waals surface area contributed by atoms with Gasteiger partial charge in [0.15, 0.2) is 0 Å². The zero-order valence-electron chi connectivity index (χ0n) is 11.2. The maximum atomic E-state index is 11.8. The van der Waals surface area contributed by atoms with Gasteiger partial charge in [-0.25, -0.2) is 0 Å². The zero-order valence-corrected chi connectivity index (χ0v) is 11.2. The zero-order chi connectivity index (χ0) is 13.7. The summed E-state index contributed by atoms with van der Waals surface area (Å²) < 4.78 is 0. The van der Waals surface area contributed by atoms with Crippen LogP contribution in [-0.4, -0.2) is 41.7 Å². The van der Waals surface area contributed by atoms with Crippen molar-refractivity contribution in [2.24, 2.45) is 11.7 Å². The van der Waals surface area contributed by atoms with Crippen LogP contribution in [0.4, 0.5) is 0 Å². The smallest absolute Gasteiger partial charge is 0.252 e. The second-order valence-electron chi connectivity index (χ2n) is 5.21. The van der Waals surface area contributed by atoms with E-state index in [9.17, 15) is 9.90 Å². The van der Waals surface area contributed by atoms with E-state index in [2.05, 4.69) is 24.3 Å². The molecule has 1 fully saturated rings. The van der Waals surface area contributed by atoms with E-state index < -0.39 is 6.10 Å². The molecule has 0 saturated carbocycles. The molecule has 1 aliphatic rings. The Hall–Kier alpha value is -1.39. The summed E-state index contributed by atoms with van der Waals surface area (Å²) in [5.41, 5.74) is 6.67. The number of carbonyl (C=O) groups excluding carboxylic acids is 1. The van der Waals surface area contributed by atoms with Crippen LogP contribution in [0.2, 0.25) is 0 Å². The number of aliphatic hydroxyl groups excluding tert-OH is 1. The number of amides is 1. The third kappa shape index (κ3) is 3.78. The van der Waals surface area contributed by atoms with Gasteiger partial charge in [0, 0.05) is 19.6 Å². The van der Waals surface area contributed by atoms with Crippen LogP contribution in [0, 0.1) is 5.92 Å². The Morgan fingerprint density at radius 1 is 1.32 bits per heavy atom. The van der Waals surface area contributed by atoms with Crippen LogP contribution in [0.1, 0.15) is 18.4 Å². The maximum absolute atomic E-state index is 11.8. The number of nitrogens with two attached hydrogens (primary N) is 1. The number of benzene rings is 1. The van der Waals surface area contributed by atoms with Gasteiger partial charge in [0.05, 0.1) is 0 Å². The molecule has 3 N–H and O–H groups in total. The second-order valence-corrected chi connectivity index (χ2v) is 5.21. The molecular weight excluding hydrogens is 240 g/mol. The molecule has 19 heavy (non-hydrogen) atoms. The third-order valence-corrected chi connectivity index (χ3v) is 3.80. The number of aliphatic hydroxyl groups is 1. The van der Waals surface area contributed by atoms with Crippen molar-refractivity contribution in [2.45, 2.75) is 25.4 Å². The fourth-order valence-corrected chi connectivity index (χ4v) is 2.62. The summed E-state index contributed by atoms with van der Waals surface area (Å²) in [6, 6.07) is 10.4. The minimum Gasteiger partial charge on any atom is -0.382 e. The largest absolute Gasteiger partial charge is 0.382 e. The fourth-order valence-electron chi connectivity index (χ4n) is 2.62. The average Bonchev–Trinajstić information content (AvgIpc) is 2.47. The number of rotatable bonds is 4. The predicted molar refractivity (Wildman–Crippen MR) is 74.5 cm³/mol. The van der Waals surface area contributed by atoms with Crippen LogP contribution in [-0.2, 0) is 11.2 Å². The third-order valence-electron chi connectivity index (χ3n) is 3.80. The molecule has 2 rings (SSSR count). The number of hydrogen-bond acceptors (Lipinski definition) is 3. The van der Waals surface area contributed by atoms with Gasteiger partial charge in [0.25, 0.3) is 5.91 Å². The Kier molecular flexibility index (Phi) is 4.93. The van der Waals surface area contributed by atoms with Crippen LogP contribution in [0.3, 0.4) is 0 Å². The topological polar surface area (TPSA) is 66.6 Å². The first kappa shape index (κ1) is 14.0. The minimum absolute atomic E-state index is 0.00276. The highest BCUT2D eigenvalue weighted by Crippen LogP contribution is 2.21. The molecule has 1 aromatic rings. The maximum Gasteiger partial charge on any atom is 0.252 e. The van der Waals surface area contributed by atoms with Crippen molar-refractivity contribution < 1.29 is 9.90 Å². The summed E-state index contributed by atoms with van der Waals surface area (Å²) in [5.74, 6) is 0.405. The first-order chi connectivity index (χ1) is 9.20. The number of likely N-dealkylation sites (tertiary alicyclic amines) is 1. The van der Waals surface area contributed by atoms with Gasteiger partial charge < -0.3 is 15.7 Å². The molecule has 0 radical (unpaired) electrons. The molecular formula is C15H22N2O2. The number of piperidine rings is 1. The Morgan fingerprint density at radius 3 is 2.53 bits per heavy atom. The van der Waals surface area contributed by atoms with Crippen molar-refractivity contribution in [1.29, 1.82) is 0 Å². The summed E-state index contributed by atoms with van der Waals surface area (Å²) in [4.78, 5) is 13.5. The van der Waals surface area contributed by atoms with E-state index >= 15 is 0 Å². The molecule has 1 heterocycles. The molecule has 4 heteroatoms. The van der Waals surface area contributed by atoms with Crippen molar-refractivity contribution in [3.05, 3.63) is 35.9 Å². The average molecular weight is 262 g/mol. The standard InChI is InChI=1S/C15H22N2O2/c16-11-14(18)15(19)17-8-6-13(7-9-17)10-12-4-2-1-3-5-12/h1-5,13-14,18H,6-11,16H2. The highest BCUT2D eigenvalue weighted by Gasteiger charge is 2.26. The van der Waals surface area contributed by atoms with Crippen molar-refractivity contribution in [3.8, 4) is 0 Å². The van der Waals surface area contributed by atoms with Crippen molar-refractivity contribution in [3.63, 3.8) is 0 Å². The van der Waals surface area contributed by atoms with Crippen LogP contribution < -0.4 is 5.73 Å². The van der Waals surface area contributed by atoms with Gasteiger partial charge in [-0.3, -0.25) is 4.79 Å². The van der Waals surface area contributed by atoms with Crippen molar-refractivity contribution in [2.75, 3.05) is 19.6 Å². The number of hydrogen-bond donors (Lipinski definition) is 2. The Bertz CT molecular complexity index is 400. The highest BCUT2D eigenvalue weighted by atomic mass is 16.3. The van der Waals surface area contributed by atoms with E-state index in [-0.39, 0.29) is 12.5 Å². The predicted octanol–water partition coefficient (Wildman–Crippen LogP) is 0.787. The van der Waals surface area contributed by atoms with E-state index in [1.807, 2.05) is 6.07 Å². The van der Waals surface area contributed by atoms with Gasteiger partial charge >= 0.3 is 0 Å². The fraction of sp³-hybridized carbons (Fsp3) is 0.533. The lowest BCUT2D eigenvalue weighted by Crippen LogP contribution is -2.46. The monoisotopic (exact) mass is 262 g/mol. The minimum atomic E-state index is -1.04. The first-order valence-electron chi connectivity index (χ1n) is 6.91. The molecule has 0 bridgehead atoms. The van der Waals surface area contributed by atoms with Crippen molar-refractivity contribution >= 4 is 5.91 Å². The Labute approximate surface area is 114 Å². The molecule has 1 atom stereocenters. The van der Waals surface area contributed by atoms with E-state index in [1.165, 1.54) is 5.56 Å². The SMILES string of the molecule is NCC(O)C(=O)N1CCC(Cc2ccccc2)CC1. The van der Waals surface area contributed by atoms with E-state index in [0.717, 1.165) is 32.4 Å². The van der Waals surface area contributed by atoms with Gasteiger partial charge in [-0.15, -0.1) is 0 Å². The molecule has 104 valence electrons. The number of carbonyl (C=O) groups is 1. The van der Waals surface area contributed by atoms with Crippen LogP contribution in [0.5, 0.6) is 0 Å². The van der Waals surface area contributed by atoms with Gasteiger partial charge in [0.2, 0.25) is 0 Å². The summed E-state index contributed by atoms with van der Waals surface area (Å²) >= 11 is 0. The molecule has 1 saturated heterocycles. The van der Waals surface area contributed by atoms with E-state index in [0.29, 0.717) is 5.92 Å². The van der Waals surface area contributed by atoms with Crippen molar-refractivity contribution in [1.82, 2.24) is 4.90 Å². The molecule has 1 aromatic carbocycles. The molecule has 1 amide bonds. The second kappa shape index (κ2) is 6.68. The lowest BCUT2D eigenvalue weighted by molar-refractivity contribution is -0.141. The molecule has 0 spiro atoms.